The predicted octanol–water partition coefficient (Wildman–Crippen LogP) is 2.97. The van der Waals surface area contributed by atoms with Crippen molar-refractivity contribution in [3.8, 4) is 0 Å². The first-order chi connectivity index (χ1) is 6.68. The van der Waals surface area contributed by atoms with Gasteiger partial charge in [-0.3, -0.25) is 0 Å². The molecule has 1 aliphatic heterocycles. The van der Waals surface area contributed by atoms with Gasteiger partial charge in [-0.05, 0) is 49.4 Å². The summed E-state index contributed by atoms with van der Waals surface area (Å²) in [6.45, 7) is 7.92. The van der Waals surface area contributed by atoms with E-state index in [1.165, 1.54) is 29.7 Å². The van der Waals surface area contributed by atoms with E-state index in [0.29, 0.717) is 6.04 Å². The van der Waals surface area contributed by atoms with Crippen LogP contribution in [0, 0.1) is 19.8 Å². The topological polar surface area (TPSA) is 12.0 Å². The fraction of sp³-hybridized carbons (Fsp3) is 0.538. The highest BCUT2D eigenvalue weighted by Gasteiger charge is 2.23. The molecule has 0 radical (unpaired) electrons. The van der Waals surface area contributed by atoms with E-state index in [-0.39, 0.29) is 0 Å². The number of rotatable bonds is 1. The Morgan fingerprint density at radius 2 is 1.86 bits per heavy atom. The summed E-state index contributed by atoms with van der Waals surface area (Å²) in [5.74, 6) is 0.819. The van der Waals surface area contributed by atoms with E-state index in [4.69, 9.17) is 0 Å². The molecule has 0 spiro atoms. The van der Waals surface area contributed by atoms with Gasteiger partial charge in [-0.15, -0.1) is 0 Å². The van der Waals surface area contributed by atoms with E-state index in [9.17, 15) is 0 Å². The second-order valence-electron chi connectivity index (χ2n) is 4.61. The molecule has 1 aliphatic rings. The van der Waals surface area contributed by atoms with Crippen molar-refractivity contribution in [3.63, 3.8) is 0 Å². The lowest BCUT2D eigenvalue weighted by Crippen LogP contribution is -2.15. The van der Waals surface area contributed by atoms with Crippen LogP contribution >= 0.6 is 0 Å². The highest BCUT2D eigenvalue weighted by Crippen LogP contribution is 2.30. The molecule has 1 nitrogen and oxygen atoms in total. The van der Waals surface area contributed by atoms with Crippen molar-refractivity contribution in [1.82, 2.24) is 5.32 Å². The van der Waals surface area contributed by atoms with Crippen molar-refractivity contribution >= 4 is 0 Å². The maximum atomic E-state index is 3.60. The van der Waals surface area contributed by atoms with E-state index >= 15 is 0 Å². The van der Waals surface area contributed by atoms with Crippen LogP contribution in [-0.4, -0.2) is 6.54 Å². The number of hydrogen-bond donors (Lipinski definition) is 1. The van der Waals surface area contributed by atoms with Gasteiger partial charge in [0.15, 0.2) is 0 Å². The highest BCUT2D eigenvalue weighted by atomic mass is 14.9. The number of aryl methyl sites for hydroxylation is 2. The zero-order valence-electron chi connectivity index (χ0n) is 9.30. The number of nitrogens with one attached hydrogen (secondary N) is 1. The molecular weight excluding hydrogens is 170 g/mol. The van der Waals surface area contributed by atoms with Gasteiger partial charge in [-0.2, -0.15) is 0 Å². The second-order valence-corrected chi connectivity index (χ2v) is 4.61. The molecule has 76 valence electrons. The summed E-state index contributed by atoms with van der Waals surface area (Å²) in [7, 11) is 0. The van der Waals surface area contributed by atoms with Gasteiger partial charge in [-0.25, -0.2) is 0 Å². The fourth-order valence-corrected chi connectivity index (χ4v) is 2.51. The van der Waals surface area contributed by atoms with Gasteiger partial charge in [0.2, 0.25) is 0 Å². The average Bonchev–Trinajstić information content (AvgIpc) is 2.51. The molecule has 2 rings (SSSR count). The molecule has 1 aromatic carbocycles. The first-order valence-electron chi connectivity index (χ1n) is 5.48. The lowest BCUT2D eigenvalue weighted by Gasteiger charge is -2.16. The van der Waals surface area contributed by atoms with Crippen LogP contribution < -0.4 is 5.32 Å². The van der Waals surface area contributed by atoms with Crippen LogP contribution in [0.25, 0.3) is 0 Å². The molecule has 0 aromatic heterocycles. The molecule has 1 heterocycles. The lowest BCUT2D eigenvalue weighted by molar-refractivity contribution is 0.607. The Hall–Kier alpha value is -0.820. The van der Waals surface area contributed by atoms with E-state index in [2.05, 4.69) is 44.3 Å². The van der Waals surface area contributed by atoms with Gasteiger partial charge in [-0.1, -0.05) is 25.1 Å². The van der Waals surface area contributed by atoms with Gasteiger partial charge < -0.3 is 5.32 Å². The number of benzene rings is 1. The fourth-order valence-electron chi connectivity index (χ4n) is 2.51. The summed E-state index contributed by atoms with van der Waals surface area (Å²) >= 11 is 0. The third kappa shape index (κ3) is 1.69. The Morgan fingerprint density at radius 1 is 1.21 bits per heavy atom. The van der Waals surface area contributed by atoms with Gasteiger partial charge in [0, 0.05) is 6.04 Å². The minimum Gasteiger partial charge on any atom is -0.310 e. The van der Waals surface area contributed by atoms with E-state index in [0.717, 1.165) is 5.92 Å². The SMILES string of the molecule is Cc1cccc(C)c1C1CC(C)CN1. The highest BCUT2D eigenvalue weighted by molar-refractivity contribution is 5.36. The van der Waals surface area contributed by atoms with Crippen LogP contribution in [0.4, 0.5) is 0 Å². The molecule has 0 aliphatic carbocycles. The second kappa shape index (κ2) is 3.74. The largest absolute Gasteiger partial charge is 0.310 e. The summed E-state index contributed by atoms with van der Waals surface area (Å²) in [5.41, 5.74) is 4.38. The standard InChI is InChI=1S/C13H19N/c1-9-7-12(14-8-9)13-10(2)5-4-6-11(13)3/h4-6,9,12,14H,7-8H2,1-3H3. The molecule has 0 bridgehead atoms. The maximum Gasteiger partial charge on any atom is 0.0328 e. The van der Waals surface area contributed by atoms with Crippen LogP contribution in [0.3, 0.4) is 0 Å². The summed E-state index contributed by atoms with van der Waals surface area (Å²) in [6.07, 6.45) is 1.28. The van der Waals surface area contributed by atoms with Gasteiger partial charge >= 0.3 is 0 Å². The minimum atomic E-state index is 0.589. The zero-order chi connectivity index (χ0) is 10.1. The molecular formula is C13H19N. The quantitative estimate of drug-likeness (QED) is 0.716. The maximum absolute atomic E-state index is 3.60. The Morgan fingerprint density at radius 3 is 2.36 bits per heavy atom. The van der Waals surface area contributed by atoms with E-state index in [1.54, 1.807) is 0 Å². The molecule has 0 amide bonds. The normalized spacial score (nSPS) is 26.8. The predicted molar refractivity (Wildman–Crippen MR) is 60.4 cm³/mol. The summed E-state index contributed by atoms with van der Waals surface area (Å²) in [6, 6.07) is 7.17. The molecule has 0 saturated carbocycles. The first-order valence-corrected chi connectivity index (χ1v) is 5.48. The third-order valence-electron chi connectivity index (χ3n) is 3.24. The molecule has 1 fully saturated rings. The Balaban J connectivity index is 2.31. The molecule has 1 saturated heterocycles. The van der Waals surface area contributed by atoms with Crippen molar-refractivity contribution in [3.05, 3.63) is 34.9 Å². The van der Waals surface area contributed by atoms with Crippen LogP contribution in [0.15, 0.2) is 18.2 Å². The third-order valence-corrected chi connectivity index (χ3v) is 3.24. The van der Waals surface area contributed by atoms with Gasteiger partial charge in [0.1, 0.15) is 0 Å². The monoisotopic (exact) mass is 189 g/mol. The Kier molecular flexibility index (Phi) is 2.60. The van der Waals surface area contributed by atoms with Crippen molar-refractivity contribution in [1.29, 1.82) is 0 Å². The van der Waals surface area contributed by atoms with Crippen molar-refractivity contribution in [2.24, 2.45) is 5.92 Å². The lowest BCUT2D eigenvalue weighted by atomic mass is 9.93. The molecule has 1 heteroatoms. The first kappa shape index (κ1) is 9.72. The van der Waals surface area contributed by atoms with Crippen molar-refractivity contribution in [2.75, 3.05) is 6.54 Å². The van der Waals surface area contributed by atoms with Crippen LogP contribution in [-0.2, 0) is 0 Å². The molecule has 2 atom stereocenters. The van der Waals surface area contributed by atoms with Crippen molar-refractivity contribution < 1.29 is 0 Å². The van der Waals surface area contributed by atoms with Crippen LogP contribution in [0.1, 0.15) is 36.1 Å². The Labute approximate surface area is 86.5 Å². The average molecular weight is 189 g/mol. The zero-order valence-corrected chi connectivity index (χ0v) is 9.30. The summed E-state index contributed by atoms with van der Waals surface area (Å²) in [4.78, 5) is 0. The summed E-state index contributed by atoms with van der Waals surface area (Å²) < 4.78 is 0. The van der Waals surface area contributed by atoms with E-state index in [1.807, 2.05) is 0 Å². The van der Waals surface area contributed by atoms with Crippen LogP contribution in [0.2, 0.25) is 0 Å². The molecule has 1 N–H and O–H groups in total. The van der Waals surface area contributed by atoms with Crippen molar-refractivity contribution in [2.45, 2.75) is 33.2 Å². The number of hydrogen-bond acceptors (Lipinski definition) is 1. The summed E-state index contributed by atoms with van der Waals surface area (Å²) in [5, 5.41) is 3.60. The minimum absolute atomic E-state index is 0.589. The van der Waals surface area contributed by atoms with E-state index < -0.39 is 0 Å². The molecule has 14 heavy (non-hydrogen) atoms. The van der Waals surface area contributed by atoms with Gasteiger partial charge in [0.05, 0.1) is 0 Å². The van der Waals surface area contributed by atoms with Crippen LogP contribution in [0.5, 0.6) is 0 Å². The molecule has 1 aromatic rings. The Bertz CT molecular complexity index is 310. The van der Waals surface area contributed by atoms with Gasteiger partial charge in [0.25, 0.3) is 0 Å². The molecule has 2 unspecified atom stereocenters. The smallest absolute Gasteiger partial charge is 0.0328 e.